The van der Waals surface area contributed by atoms with Crippen LogP contribution < -0.4 is 21.5 Å². The molecule has 0 aromatic heterocycles. The Morgan fingerprint density at radius 2 is 0.864 bits per heavy atom. The van der Waals surface area contributed by atoms with Crippen molar-refractivity contribution < 1.29 is 82.3 Å². The van der Waals surface area contributed by atoms with Crippen molar-refractivity contribution in [3.63, 3.8) is 0 Å². The number of aromatic hydroxyl groups is 2. The third-order valence-corrected chi connectivity index (χ3v) is 11.1. The highest BCUT2D eigenvalue weighted by atomic mass is 32.2. The monoisotopic (exact) mass is 960 g/mol. The number of carbonyl (C=O) groups is 2. The van der Waals surface area contributed by atoms with Crippen LogP contribution in [0.15, 0.2) is 101 Å². The van der Waals surface area contributed by atoms with Gasteiger partial charge in [-0.2, -0.15) is 16.8 Å². The second kappa shape index (κ2) is 16.3. The topological polar surface area (TPSA) is 331 Å². The zero-order valence-electron chi connectivity index (χ0n) is 31.6. The summed E-state index contributed by atoms with van der Waals surface area (Å²) in [5, 5.41) is 57.5. The number of phenols is 2. The average molecular weight is 961 g/mol. The first-order valence-corrected chi connectivity index (χ1v) is 20.2. The molecule has 7 aromatic rings. The highest BCUT2D eigenvalue weighted by Gasteiger charge is 2.29. The first-order chi connectivity index (χ1) is 30.8. The molecule has 7 rings (SSSR count). The predicted molar refractivity (Wildman–Crippen MR) is 214 cm³/mol. The molecule has 0 amide bonds. The molecule has 0 bridgehead atoms. The number of carboxylic acid groups (broad SMARTS) is 2. The Labute approximate surface area is 360 Å². The fraction of sp³-hybridized carbons (Fsp3) is 0. The Balaban J connectivity index is 1.22. The molecule has 0 saturated heterocycles. The highest BCUT2D eigenvalue weighted by Crippen LogP contribution is 2.45. The van der Waals surface area contributed by atoms with E-state index in [0.717, 1.165) is 24.3 Å². The van der Waals surface area contributed by atoms with Crippen molar-refractivity contribution in [2.45, 2.75) is 9.79 Å². The lowest BCUT2D eigenvalue weighted by atomic mass is 10.1. The van der Waals surface area contributed by atoms with E-state index in [1.165, 1.54) is 12.1 Å². The molecule has 0 atom stereocenters. The van der Waals surface area contributed by atoms with Crippen molar-refractivity contribution in [3.8, 4) is 11.5 Å². The van der Waals surface area contributed by atoms with E-state index in [0.29, 0.717) is 12.1 Å². The maximum Gasteiger partial charge on any atom is 0.341 e. The summed E-state index contributed by atoms with van der Waals surface area (Å²) >= 11 is 0. The van der Waals surface area contributed by atoms with Crippen molar-refractivity contribution >= 4 is 99.2 Å². The number of nitrogens with zero attached hydrogens (tertiary/aromatic N) is 4. The number of rotatable bonds is 12. The van der Waals surface area contributed by atoms with Gasteiger partial charge < -0.3 is 31.1 Å². The van der Waals surface area contributed by atoms with Crippen molar-refractivity contribution in [1.82, 2.24) is 0 Å². The minimum absolute atomic E-state index is 0.0804. The van der Waals surface area contributed by atoms with E-state index in [9.17, 15) is 81.7 Å². The number of halogens is 6. The lowest BCUT2D eigenvalue weighted by Gasteiger charge is -2.17. The van der Waals surface area contributed by atoms with Gasteiger partial charge in [0.15, 0.2) is 46.4 Å². The van der Waals surface area contributed by atoms with E-state index >= 15 is 0 Å². The molecule has 0 heterocycles. The van der Waals surface area contributed by atoms with Crippen LogP contribution in [0.25, 0.3) is 21.5 Å². The molecular formula is C38H18F6N6O14S2. The number of hydrogen-bond acceptors (Lipinski definition) is 16. The number of nitrogens with one attached hydrogen (secondary N) is 2. The molecule has 0 aliphatic carbocycles. The lowest BCUT2D eigenvalue weighted by molar-refractivity contribution is 0.0673. The summed E-state index contributed by atoms with van der Waals surface area (Å²) < 4.78 is 155. The molecule has 0 fully saturated rings. The number of hydrogen-bond donors (Lipinski definition) is 8. The van der Waals surface area contributed by atoms with Gasteiger partial charge in [-0.15, -0.1) is 20.5 Å². The lowest BCUT2D eigenvalue weighted by Crippen LogP contribution is -2.35. The number of azo groups is 2. The van der Waals surface area contributed by atoms with Gasteiger partial charge in [-0.1, -0.05) is 0 Å². The normalized spacial score (nSPS) is 12.2. The Bertz CT molecular complexity index is 3470. The van der Waals surface area contributed by atoms with Crippen LogP contribution in [-0.2, 0) is 20.2 Å². The van der Waals surface area contributed by atoms with Crippen molar-refractivity contribution in [2.75, 3.05) is 10.6 Å². The van der Waals surface area contributed by atoms with Gasteiger partial charge >= 0.3 is 11.9 Å². The Morgan fingerprint density at radius 1 is 0.515 bits per heavy atom. The first kappa shape index (κ1) is 45.7. The van der Waals surface area contributed by atoms with E-state index < -0.39 is 144 Å². The van der Waals surface area contributed by atoms with Gasteiger partial charge in [0, 0.05) is 34.3 Å². The second-order valence-corrected chi connectivity index (χ2v) is 16.2. The van der Waals surface area contributed by atoms with Gasteiger partial charge in [0.05, 0.1) is 0 Å². The molecular weight excluding hydrogens is 943 g/mol. The maximum absolute atomic E-state index is 14.7. The summed E-state index contributed by atoms with van der Waals surface area (Å²) in [5.41, 5.74) is -11.4. The molecule has 20 nitrogen and oxygen atoms in total. The van der Waals surface area contributed by atoms with E-state index in [4.69, 9.17) is 10.2 Å². The number of anilines is 4. The summed E-state index contributed by atoms with van der Waals surface area (Å²) in [7, 11) is -10.7. The van der Waals surface area contributed by atoms with Gasteiger partial charge in [0.1, 0.15) is 55.0 Å². The smallest absolute Gasteiger partial charge is 0.341 e. The van der Waals surface area contributed by atoms with E-state index in [1.807, 2.05) is 0 Å². The summed E-state index contributed by atoms with van der Waals surface area (Å²) in [6, 6.07) is 8.30. The van der Waals surface area contributed by atoms with Crippen molar-refractivity contribution in [2.24, 2.45) is 20.5 Å². The molecule has 0 unspecified atom stereocenters. The van der Waals surface area contributed by atoms with Crippen LogP contribution in [-0.4, -0.2) is 58.3 Å². The zero-order valence-corrected chi connectivity index (χ0v) is 33.2. The number of benzene rings is 6. The highest BCUT2D eigenvalue weighted by molar-refractivity contribution is 7.86. The van der Waals surface area contributed by atoms with Crippen LogP contribution in [0, 0.1) is 34.9 Å². The molecule has 28 heteroatoms. The Morgan fingerprint density at radius 3 is 1.18 bits per heavy atom. The number of fused-ring (bicyclic) bond motifs is 2. The second-order valence-electron chi connectivity index (χ2n) is 13.4. The summed E-state index contributed by atoms with van der Waals surface area (Å²) in [4.78, 5) is 45.6. The Kier molecular flexibility index (Phi) is 11.3. The minimum Gasteiger partial charge on any atom is -0.505 e. The number of carboxylic acids is 2. The fourth-order valence-electron chi connectivity index (χ4n) is 6.27. The van der Waals surface area contributed by atoms with Gasteiger partial charge in [0.2, 0.25) is 0 Å². The van der Waals surface area contributed by atoms with Crippen LogP contribution in [0.1, 0.15) is 20.7 Å². The molecule has 338 valence electrons. The molecule has 0 spiro atoms. The molecule has 0 radical (unpaired) electrons. The maximum atomic E-state index is 14.7. The van der Waals surface area contributed by atoms with Gasteiger partial charge in [0.25, 0.3) is 31.1 Å². The number of phenolic OH excluding ortho intramolecular Hbond substituents is 2. The molecule has 0 aliphatic heterocycles. The third kappa shape index (κ3) is 8.06. The largest absolute Gasteiger partial charge is 0.505 e. The molecule has 66 heavy (non-hydrogen) atoms. The van der Waals surface area contributed by atoms with Crippen molar-refractivity contribution in [1.29, 1.82) is 0 Å². The average Bonchev–Trinajstić information content (AvgIpc) is 3.23. The van der Waals surface area contributed by atoms with Crippen LogP contribution in [0.4, 0.5) is 71.8 Å². The van der Waals surface area contributed by atoms with Gasteiger partial charge in [-0.25, -0.2) is 35.9 Å². The van der Waals surface area contributed by atoms with Crippen LogP contribution in [0.3, 0.4) is 0 Å². The van der Waals surface area contributed by atoms with Gasteiger partial charge in [-0.05, 0) is 59.3 Å². The number of aromatic carboxylic acids is 2. The Hall–Kier alpha value is -8.34. The van der Waals surface area contributed by atoms with E-state index in [1.54, 1.807) is 0 Å². The van der Waals surface area contributed by atoms with E-state index in [-0.39, 0.29) is 45.1 Å². The van der Waals surface area contributed by atoms with Crippen LogP contribution >= 0.6 is 0 Å². The first-order valence-electron chi connectivity index (χ1n) is 17.4. The predicted octanol–water partition coefficient (Wildman–Crippen LogP) is 8.04. The minimum atomic E-state index is -5.34. The van der Waals surface area contributed by atoms with Crippen LogP contribution in [0.5, 0.6) is 11.5 Å². The molecule has 8 N–H and O–H groups in total. The third-order valence-electron chi connectivity index (χ3n) is 9.32. The fourth-order valence-corrected chi connectivity index (χ4v) is 7.59. The summed E-state index contributed by atoms with van der Waals surface area (Å²) in [5.74, 6) is -18.3. The summed E-state index contributed by atoms with van der Waals surface area (Å²) in [6.45, 7) is 0. The molecule has 0 aliphatic rings. The zero-order chi connectivity index (χ0) is 48.5. The molecule has 0 saturated carbocycles. The quantitative estimate of drug-likeness (QED) is 0.0189. The summed E-state index contributed by atoms with van der Waals surface area (Å²) in [6.07, 6.45) is 0. The van der Waals surface area contributed by atoms with Crippen molar-refractivity contribution in [3.05, 3.63) is 127 Å². The van der Waals surface area contributed by atoms with Gasteiger partial charge in [-0.3, -0.25) is 18.7 Å². The molecule has 7 aromatic carbocycles. The SMILES string of the molecule is O=C(O)c1c(F)c(F)cc(N=Nc2c(S(=O)(=O)O)cc3cc(Nc4c(Nc5ccc6c(O)c(N=Nc7cc(F)c(F)c(C(=O)O)c7F)c(S(=O)(=O)O)cc6c5)c(=O)c4=O)ccc3c2O)c1F. The van der Waals surface area contributed by atoms with Crippen LogP contribution in [0.2, 0.25) is 0 Å². The van der Waals surface area contributed by atoms with E-state index in [2.05, 4.69) is 31.1 Å². The standard InChI is InChI=1S/C38H18F6N6O14S2/c39-17-9-19(27(43)23(25(17)41)37(55)56)47-49-29-21(65(59,60)61)7-11-5-13(1-3-15(11)33(29)51)45-31-32(36(54)35(31)53)46-14-2-4-16-12(6-14)8-22(66(62,63)64)30(34(16)52)50-48-20-10-18(40)26(42)24(28(20)44)38(57)58/h1-10,45-46,51-52H,(H,55,56)(H,57,58)(H,59,60,61)(H,62,63,64).